The van der Waals surface area contributed by atoms with Gasteiger partial charge in [-0.1, -0.05) is 50.4 Å². The number of halogens is 1. The minimum atomic E-state index is 0.156. The third-order valence-corrected chi connectivity index (χ3v) is 5.60. The van der Waals surface area contributed by atoms with Gasteiger partial charge in [-0.2, -0.15) is 0 Å². The lowest BCUT2D eigenvalue weighted by Gasteiger charge is -2.26. The molecule has 1 amide bonds. The van der Waals surface area contributed by atoms with Crippen molar-refractivity contribution in [3.05, 3.63) is 34.5 Å². The normalized spacial score (nSPS) is 18.4. The van der Waals surface area contributed by atoms with Crippen LogP contribution in [0.3, 0.4) is 0 Å². The number of H-pyrrole nitrogens is 1. The van der Waals surface area contributed by atoms with Crippen LogP contribution in [0.1, 0.15) is 57.2 Å². The number of amides is 1. The van der Waals surface area contributed by atoms with Gasteiger partial charge in [0, 0.05) is 23.0 Å². The number of carbonyl (C=O) groups excluding carboxylic acids is 1. The van der Waals surface area contributed by atoms with Gasteiger partial charge in [0.05, 0.1) is 10.5 Å². The molecule has 24 heavy (non-hydrogen) atoms. The Labute approximate surface area is 149 Å². The molecule has 0 saturated carbocycles. The predicted octanol–water partition coefficient (Wildman–Crippen LogP) is 5.01. The average Bonchev–Trinajstić information content (AvgIpc) is 2.95. The first-order valence-corrected chi connectivity index (χ1v) is 9.60. The number of para-hydroxylation sites is 1. The summed E-state index contributed by atoms with van der Waals surface area (Å²) in [4.78, 5) is 16.1. The number of fused-ring (bicyclic) bond motifs is 3. The zero-order chi connectivity index (χ0) is 17.1. The van der Waals surface area contributed by atoms with E-state index >= 15 is 0 Å². The molecular formula is C20H27ClN2O. The highest BCUT2D eigenvalue weighted by Gasteiger charge is 2.26. The molecule has 2 atom stereocenters. The molecule has 2 unspecified atom stereocenters. The summed E-state index contributed by atoms with van der Waals surface area (Å²) in [6, 6.07) is 6.28. The number of aromatic amines is 1. The Kier molecular flexibility index (Phi) is 5.50. The van der Waals surface area contributed by atoms with Crippen LogP contribution in [0.25, 0.3) is 10.9 Å². The van der Waals surface area contributed by atoms with E-state index in [-0.39, 0.29) is 17.9 Å². The van der Waals surface area contributed by atoms with Crippen molar-refractivity contribution in [2.75, 3.05) is 0 Å². The molecule has 130 valence electrons. The smallest absolute Gasteiger partial charge is 0.223 e. The molecule has 1 aromatic heterocycles. The molecule has 2 aromatic rings. The summed E-state index contributed by atoms with van der Waals surface area (Å²) >= 11 is 6.31. The van der Waals surface area contributed by atoms with Crippen LogP contribution < -0.4 is 5.32 Å². The maximum Gasteiger partial charge on any atom is 0.223 e. The van der Waals surface area contributed by atoms with Gasteiger partial charge in [0.25, 0.3) is 0 Å². The Morgan fingerprint density at radius 1 is 1.42 bits per heavy atom. The van der Waals surface area contributed by atoms with Gasteiger partial charge < -0.3 is 10.3 Å². The lowest BCUT2D eigenvalue weighted by atomic mass is 9.90. The Morgan fingerprint density at radius 2 is 2.25 bits per heavy atom. The van der Waals surface area contributed by atoms with Crippen LogP contribution in [0, 0.1) is 5.92 Å². The maximum atomic E-state index is 12.6. The number of aromatic nitrogens is 1. The maximum absolute atomic E-state index is 12.6. The van der Waals surface area contributed by atoms with Crippen LogP contribution in [0.5, 0.6) is 0 Å². The van der Waals surface area contributed by atoms with Crippen molar-refractivity contribution in [2.24, 2.45) is 5.92 Å². The van der Waals surface area contributed by atoms with Crippen LogP contribution in [0.2, 0.25) is 5.02 Å². The van der Waals surface area contributed by atoms with E-state index in [1.165, 1.54) is 16.6 Å². The molecule has 1 aliphatic rings. The molecule has 0 fully saturated rings. The van der Waals surface area contributed by atoms with Gasteiger partial charge in [0.15, 0.2) is 0 Å². The Morgan fingerprint density at radius 3 is 3.00 bits per heavy atom. The number of carbonyl (C=O) groups is 1. The van der Waals surface area contributed by atoms with Crippen molar-refractivity contribution in [2.45, 2.75) is 64.8 Å². The van der Waals surface area contributed by atoms with Crippen LogP contribution in [-0.4, -0.2) is 16.9 Å². The first kappa shape index (κ1) is 17.3. The van der Waals surface area contributed by atoms with Crippen molar-refractivity contribution in [1.82, 2.24) is 10.3 Å². The third-order valence-electron chi connectivity index (χ3n) is 5.29. The fraction of sp³-hybridized carbons (Fsp3) is 0.550. The monoisotopic (exact) mass is 346 g/mol. The van der Waals surface area contributed by atoms with E-state index in [4.69, 9.17) is 11.6 Å². The second kappa shape index (κ2) is 7.60. The predicted molar refractivity (Wildman–Crippen MR) is 101 cm³/mol. The summed E-state index contributed by atoms with van der Waals surface area (Å²) in [6.45, 7) is 4.29. The number of aryl methyl sites for hydroxylation is 1. The molecule has 1 heterocycles. The van der Waals surface area contributed by atoms with Crippen LogP contribution in [0.15, 0.2) is 18.2 Å². The quantitative estimate of drug-likeness (QED) is 0.758. The number of benzene rings is 1. The number of rotatable bonds is 6. The van der Waals surface area contributed by atoms with Gasteiger partial charge in [-0.25, -0.2) is 0 Å². The number of hydrogen-bond acceptors (Lipinski definition) is 1. The molecule has 3 nitrogen and oxygen atoms in total. The summed E-state index contributed by atoms with van der Waals surface area (Å²) in [5, 5.41) is 5.28. The van der Waals surface area contributed by atoms with E-state index in [2.05, 4.69) is 30.2 Å². The van der Waals surface area contributed by atoms with E-state index in [1.54, 1.807) is 0 Å². The van der Waals surface area contributed by atoms with Crippen LogP contribution in [-0.2, 0) is 17.6 Å². The zero-order valence-corrected chi connectivity index (χ0v) is 15.4. The highest BCUT2D eigenvalue weighted by atomic mass is 35.5. The molecular weight excluding hydrogens is 320 g/mol. The first-order chi connectivity index (χ1) is 11.6. The van der Waals surface area contributed by atoms with Gasteiger partial charge in [-0.3, -0.25) is 4.79 Å². The second-order valence-electron chi connectivity index (χ2n) is 6.94. The summed E-state index contributed by atoms with van der Waals surface area (Å²) in [5.74, 6) is 0.390. The summed E-state index contributed by atoms with van der Waals surface area (Å²) < 4.78 is 0. The van der Waals surface area contributed by atoms with E-state index in [1.807, 2.05) is 12.1 Å². The van der Waals surface area contributed by atoms with Crippen LogP contribution >= 0.6 is 11.6 Å². The topological polar surface area (TPSA) is 44.9 Å². The summed E-state index contributed by atoms with van der Waals surface area (Å²) in [7, 11) is 0. The molecule has 4 heteroatoms. The van der Waals surface area contributed by atoms with Gasteiger partial charge in [0.2, 0.25) is 5.91 Å². The average molecular weight is 347 g/mol. The molecule has 0 saturated heterocycles. The van der Waals surface area contributed by atoms with Gasteiger partial charge >= 0.3 is 0 Å². The molecule has 3 rings (SSSR count). The Balaban J connectivity index is 1.72. The second-order valence-corrected chi connectivity index (χ2v) is 7.35. The molecule has 0 aliphatic heterocycles. The Bertz CT molecular complexity index is 722. The van der Waals surface area contributed by atoms with Crippen molar-refractivity contribution in [1.29, 1.82) is 0 Å². The number of hydrogen-bond donors (Lipinski definition) is 2. The summed E-state index contributed by atoms with van der Waals surface area (Å²) in [5.41, 5.74) is 3.64. The molecule has 1 aliphatic carbocycles. The van der Waals surface area contributed by atoms with Crippen molar-refractivity contribution >= 4 is 28.4 Å². The first-order valence-electron chi connectivity index (χ1n) is 9.22. The number of unbranched alkanes of at least 4 members (excludes halogenated alkanes) is 1. The molecule has 2 N–H and O–H groups in total. The number of nitrogens with one attached hydrogen (secondary N) is 2. The lowest BCUT2D eigenvalue weighted by Crippen LogP contribution is -2.41. The van der Waals surface area contributed by atoms with Gasteiger partial charge in [0.1, 0.15) is 0 Å². The van der Waals surface area contributed by atoms with Crippen molar-refractivity contribution < 1.29 is 4.79 Å². The molecule has 0 radical (unpaired) electrons. The SMILES string of the molecule is CCCCC(CC)C(=O)NC1CCc2[nH]c3c(Cl)cccc3c2C1. The Hall–Kier alpha value is -1.48. The molecule has 0 bridgehead atoms. The van der Waals surface area contributed by atoms with E-state index < -0.39 is 0 Å². The van der Waals surface area contributed by atoms with Gasteiger partial charge in [-0.15, -0.1) is 0 Å². The molecule has 1 aromatic carbocycles. The van der Waals surface area contributed by atoms with E-state index in [9.17, 15) is 4.79 Å². The fourth-order valence-corrected chi connectivity index (χ4v) is 4.04. The van der Waals surface area contributed by atoms with E-state index in [0.717, 1.165) is 55.5 Å². The van der Waals surface area contributed by atoms with E-state index in [0.29, 0.717) is 0 Å². The lowest BCUT2D eigenvalue weighted by molar-refractivity contribution is -0.126. The highest BCUT2D eigenvalue weighted by molar-refractivity contribution is 6.35. The van der Waals surface area contributed by atoms with Crippen molar-refractivity contribution in [3.8, 4) is 0 Å². The highest BCUT2D eigenvalue weighted by Crippen LogP contribution is 2.32. The fourth-order valence-electron chi connectivity index (χ4n) is 3.82. The van der Waals surface area contributed by atoms with Crippen LogP contribution in [0.4, 0.5) is 0 Å². The molecule has 0 spiro atoms. The summed E-state index contributed by atoms with van der Waals surface area (Å²) in [6.07, 6.45) is 7.05. The zero-order valence-electron chi connectivity index (χ0n) is 14.6. The largest absolute Gasteiger partial charge is 0.357 e. The minimum absolute atomic E-state index is 0.156. The van der Waals surface area contributed by atoms with Gasteiger partial charge in [-0.05, 0) is 43.7 Å². The standard InChI is InChI=1S/C20H27ClN2O/c1-3-5-7-13(4-2)20(24)22-14-10-11-18-16(12-14)15-8-6-9-17(21)19(15)23-18/h6,8-9,13-14,23H,3-5,7,10-12H2,1-2H3,(H,22,24). The third kappa shape index (κ3) is 3.46. The minimum Gasteiger partial charge on any atom is -0.357 e. The van der Waals surface area contributed by atoms with Crippen molar-refractivity contribution in [3.63, 3.8) is 0 Å².